The smallest absolute Gasteiger partial charge is 0.161 e. The summed E-state index contributed by atoms with van der Waals surface area (Å²) in [5.74, 6) is 2.29. The summed E-state index contributed by atoms with van der Waals surface area (Å²) in [6, 6.07) is 10.7. The lowest BCUT2D eigenvalue weighted by molar-refractivity contribution is -0.107. The molecule has 2 aromatic carbocycles. The first-order valence-electron chi connectivity index (χ1n) is 10.3. The van der Waals surface area contributed by atoms with Gasteiger partial charge in [0.2, 0.25) is 0 Å². The molecule has 0 spiro atoms. The second-order valence-electron chi connectivity index (χ2n) is 7.59. The Morgan fingerprint density at radius 2 is 1.03 bits per heavy atom. The Kier molecular flexibility index (Phi) is 9.08. The van der Waals surface area contributed by atoms with Gasteiger partial charge in [0.15, 0.2) is 35.6 Å². The predicted octanol–water partition coefficient (Wildman–Crippen LogP) is 5.14. The van der Waals surface area contributed by atoms with Crippen LogP contribution in [0.5, 0.6) is 23.0 Å². The summed E-state index contributed by atoms with van der Waals surface area (Å²) in [7, 11) is 3.10. The molecule has 2 aromatic rings. The predicted molar refractivity (Wildman–Crippen MR) is 126 cm³/mol. The molecule has 0 unspecified atom stereocenters. The molecule has 0 N–H and O–H groups in total. The van der Waals surface area contributed by atoms with Crippen LogP contribution in [0, 0.1) is 0 Å². The van der Waals surface area contributed by atoms with Gasteiger partial charge in [-0.2, -0.15) is 0 Å². The second-order valence-corrected chi connectivity index (χ2v) is 7.59. The average molecular weight is 439 g/mol. The van der Waals surface area contributed by atoms with Crippen LogP contribution in [-0.2, 0) is 9.59 Å². The van der Waals surface area contributed by atoms with E-state index < -0.39 is 0 Å². The summed E-state index contributed by atoms with van der Waals surface area (Å²) in [6.07, 6.45) is 4.55. The lowest BCUT2D eigenvalue weighted by Crippen LogP contribution is -2.06. The van der Waals surface area contributed by atoms with Gasteiger partial charge in [-0.25, -0.2) is 0 Å². The molecule has 6 nitrogen and oxygen atoms in total. The number of ether oxygens (including phenoxy) is 4. The van der Waals surface area contributed by atoms with Crippen molar-refractivity contribution in [1.29, 1.82) is 0 Å². The number of allylic oxidation sites excluding steroid dienone is 2. The van der Waals surface area contributed by atoms with Crippen LogP contribution in [-0.4, -0.2) is 39.0 Å². The van der Waals surface area contributed by atoms with Crippen LogP contribution in [0.3, 0.4) is 0 Å². The van der Waals surface area contributed by atoms with E-state index in [1.54, 1.807) is 62.8 Å². The molecule has 0 radical (unpaired) electrons. The number of benzene rings is 2. The van der Waals surface area contributed by atoms with E-state index in [1.165, 1.54) is 0 Å². The zero-order valence-electron chi connectivity index (χ0n) is 19.4. The van der Waals surface area contributed by atoms with Crippen molar-refractivity contribution in [2.45, 2.75) is 39.9 Å². The summed E-state index contributed by atoms with van der Waals surface area (Å²) in [5, 5.41) is 0. The van der Waals surface area contributed by atoms with Crippen molar-refractivity contribution in [2.75, 3.05) is 14.2 Å². The molecule has 0 amide bonds. The summed E-state index contributed by atoms with van der Waals surface area (Å²) in [6.45, 7) is 7.70. The van der Waals surface area contributed by atoms with Crippen LogP contribution < -0.4 is 18.9 Å². The third kappa shape index (κ3) is 6.74. The van der Waals surface area contributed by atoms with E-state index in [0.717, 1.165) is 0 Å². The number of carbonyl (C=O) groups is 2. The van der Waals surface area contributed by atoms with Gasteiger partial charge >= 0.3 is 0 Å². The molecule has 0 saturated heterocycles. The number of methoxy groups -OCH3 is 2. The standard InChI is InChI=1S/C26H30O6/c1-17(2)31-23-9-7-19(13-25(23)29-5)11-21(15-27)22(16-28)12-20-8-10-24(32-18(3)4)26(14-20)30-6/h7-18H,1-6H3. The van der Waals surface area contributed by atoms with Gasteiger partial charge in [-0.3, -0.25) is 9.59 Å². The molecule has 0 atom stereocenters. The van der Waals surface area contributed by atoms with Gasteiger partial charge in [0.1, 0.15) is 0 Å². The van der Waals surface area contributed by atoms with E-state index in [0.29, 0.717) is 46.7 Å². The second kappa shape index (κ2) is 11.7. The molecule has 2 rings (SSSR count). The van der Waals surface area contributed by atoms with Gasteiger partial charge in [-0.1, -0.05) is 12.1 Å². The molecular formula is C26H30O6. The van der Waals surface area contributed by atoms with Crippen LogP contribution in [0.2, 0.25) is 0 Å². The van der Waals surface area contributed by atoms with Gasteiger partial charge in [-0.15, -0.1) is 0 Å². The molecule has 0 bridgehead atoms. The highest BCUT2D eigenvalue weighted by molar-refractivity contribution is 6.02. The van der Waals surface area contributed by atoms with Crippen molar-refractivity contribution in [3.8, 4) is 23.0 Å². The van der Waals surface area contributed by atoms with E-state index in [4.69, 9.17) is 18.9 Å². The largest absolute Gasteiger partial charge is 0.493 e. The summed E-state index contributed by atoms with van der Waals surface area (Å²) >= 11 is 0. The van der Waals surface area contributed by atoms with Gasteiger partial charge in [-0.05, 0) is 75.2 Å². The maximum Gasteiger partial charge on any atom is 0.161 e. The van der Waals surface area contributed by atoms with E-state index in [2.05, 4.69) is 0 Å². The zero-order valence-corrected chi connectivity index (χ0v) is 19.4. The Morgan fingerprint density at radius 3 is 1.31 bits per heavy atom. The van der Waals surface area contributed by atoms with Crippen LogP contribution in [0.1, 0.15) is 38.8 Å². The van der Waals surface area contributed by atoms with Crippen LogP contribution >= 0.6 is 0 Å². The minimum absolute atomic E-state index is 0.00487. The highest BCUT2D eigenvalue weighted by atomic mass is 16.5. The molecule has 0 aliphatic rings. The fraction of sp³-hybridized carbons (Fsp3) is 0.308. The number of carbonyl (C=O) groups excluding carboxylic acids is 2. The summed E-state index contributed by atoms with van der Waals surface area (Å²) in [4.78, 5) is 23.6. The SMILES string of the molecule is COc1cc(C=C(C=O)C(C=O)=Cc2ccc(OC(C)C)c(OC)c2)ccc1OC(C)C. The first-order chi connectivity index (χ1) is 15.3. The molecule has 0 saturated carbocycles. The molecule has 0 aliphatic heterocycles. The Balaban J connectivity index is 2.42. The lowest BCUT2D eigenvalue weighted by atomic mass is 10.0. The first kappa shape index (κ1) is 24.7. The molecule has 0 aliphatic carbocycles. The van der Waals surface area contributed by atoms with Crippen LogP contribution in [0.4, 0.5) is 0 Å². The lowest BCUT2D eigenvalue weighted by Gasteiger charge is -2.14. The van der Waals surface area contributed by atoms with E-state index >= 15 is 0 Å². The number of rotatable bonds is 11. The normalized spacial score (nSPS) is 12.0. The molecule has 170 valence electrons. The molecule has 0 heterocycles. The number of hydrogen-bond donors (Lipinski definition) is 0. The zero-order chi connectivity index (χ0) is 23.7. The van der Waals surface area contributed by atoms with Gasteiger partial charge in [0.25, 0.3) is 0 Å². The van der Waals surface area contributed by atoms with E-state index in [1.807, 2.05) is 27.7 Å². The summed E-state index contributed by atoms with van der Waals surface area (Å²) < 4.78 is 22.2. The van der Waals surface area contributed by atoms with Crippen LogP contribution in [0.15, 0.2) is 47.5 Å². The molecule has 0 fully saturated rings. The van der Waals surface area contributed by atoms with E-state index in [-0.39, 0.29) is 23.4 Å². The third-order valence-electron chi connectivity index (χ3n) is 4.33. The first-order valence-corrected chi connectivity index (χ1v) is 10.3. The van der Waals surface area contributed by atoms with Crippen molar-refractivity contribution in [3.63, 3.8) is 0 Å². The highest BCUT2D eigenvalue weighted by Gasteiger charge is 2.11. The minimum atomic E-state index is -0.00487. The fourth-order valence-electron chi connectivity index (χ4n) is 2.98. The minimum Gasteiger partial charge on any atom is -0.493 e. The van der Waals surface area contributed by atoms with E-state index in [9.17, 15) is 9.59 Å². The van der Waals surface area contributed by atoms with Gasteiger partial charge in [0.05, 0.1) is 26.4 Å². The Morgan fingerprint density at radius 1 is 0.656 bits per heavy atom. The van der Waals surface area contributed by atoms with Crippen molar-refractivity contribution in [2.24, 2.45) is 0 Å². The Bertz CT molecular complexity index is 920. The highest BCUT2D eigenvalue weighted by Crippen LogP contribution is 2.32. The van der Waals surface area contributed by atoms with Crippen LogP contribution in [0.25, 0.3) is 12.2 Å². The Labute approximate surface area is 189 Å². The topological polar surface area (TPSA) is 71.1 Å². The monoisotopic (exact) mass is 438 g/mol. The van der Waals surface area contributed by atoms with Gasteiger partial charge < -0.3 is 18.9 Å². The summed E-state index contributed by atoms with van der Waals surface area (Å²) in [5.41, 5.74) is 1.87. The molecule has 6 heteroatoms. The molecule has 0 aromatic heterocycles. The van der Waals surface area contributed by atoms with Crippen molar-refractivity contribution in [1.82, 2.24) is 0 Å². The number of aldehydes is 2. The number of hydrogen-bond acceptors (Lipinski definition) is 6. The third-order valence-corrected chi connectivity index (χ3v) is 4.33. The molecular weight excluding hydrogens is 408 g/mol. The average Bonchev–Trinajstić information content (AvgIpc) is 2.77. The van der Waals surface area contributed by atoms with Crippen molar-refractivity contribution >= 4 is 24.7 Å². The Hall–Kier alpha value is -3.54. The van der Waals surface area contributed by atoms with Gasteiger partial charge in [0, 0.05) is 11.1 Å². The maximum atomic E-state index is 11.8. The van der Waals surface area contributed by atoms with Crippen molar-refractivity contribution in [3.05, 3.63) is 58.7 Å². The quantitative estimate of drug-likeness (QED) is 0.275. The van der Waals surface area contributed by atoms with Crippen molar-refractivity contribution < 1.29 is 28.5 Å². The maximum absolute atomic E-state index is 11.8. The fourth-order valence-corrected chi connectivity index (χ4v) is 2.98. The molecule has 32 heavy (non-hydrogen) atoms.